The Labute approximate surface area is 174 Å². The van der Waals surface area contributed by atoms with Crippen LogP contribution < -0.4 is 0 Å². The first-order chi connectivity index (χ1) is 13.5. The van der Waals surface area contributed by atoms with Crippen molar-refractivity contribution in [3.63, 3.8) is 0 Å². The van der Waals surface area contributed by atoms with Crippen LogP contribution in [0, 0.1) is 24.2 Å². The van der Waals surface area contributed by atoms with E-state index in [2.05, 4.69) is 20.8 Å². The summed E-state index contributed by atoms with van der Waals surface area (Å²) < 4.78 is 17.4. The minimum Gasteiger partial charge on any atom is -0.507 e. The molecule has 5 heteroatoms. The first-order valence-corrected chi connectivity index (χ1v) is 10.7. The van der Waals surface area contributed by atoms with Gasteiger partial charge in [-0.2, -0.15) is 0 Å². The molecule has 0 spiro atoms. The van der Waals surface area contributed by atoms with Crippen LogP contribution in [0.2, 0.25) is 0 Å². The number of phenolic OH excluding ortho intramolecular Hbond substituents is 1. The van der Waals surface area contributed by atoms with Gasteiger partial charge in [0.1, 0.15) is 12.4 Å². The third-order valence-electron chi connectivity index (χ3n) is 6.02. The van der Waals surface area contributed by atoms with Gasteiger partial charge in [0, 0.05) is 11.8 Å². The second-order valence-electron chi connectivity index (χ2n) is 10.5. The Hall–Kier alpha value is -1.59. The van der Waals surface area contributed by atoms with Crippen molar-refractivity contribution in [1.82, 2.24) is 0 Å². The lowest BCUT2D eigenvalue weighted by atomic mass is 9.83. The van der Waals surface area contributed by atoms with E-state index in [1.54, 1.807) is 0 Å². The molecule has 1 aromatic rings. The number of aryl methyl sites for hydroxylation is 2. The Morgan fingerprint density at radius 1 is 1.14 bits per heavy atom. The van der Waals surface area contributed by atoms with Gasteiger partial charge in [0.25, 0.3) is 0 Å². The highest BCUT2D eigenvalue weighted by Crippen LogP contribution is 2.43. The molecule has 1 aliphatic heterocycles. The van der Waals surface area contributed by atoms with Crippen LogP contribution in [-0.2, 0) is 30.8 Å². The van der Waals surface area contributed by atoms with Gasteiger partial charge in [-0.1, -0.05) is 46.8 Å². The fraction of sp³-hybridized carbons (Fsp3) is 0.708. The van der Waals surface area contributed by atoms with E-state index in [1.165, 1.54) is 6.42 Å². The van der Waals surface area contributed by atoms with Gasteiger partial charge < -0.3 is 19.3 Å². The number of esters is 1. The summed E-state index contributed by atoms with van der Waals surface area (Å²) in [4.78, 5) is 12.4. The largest absolute Gasteiger partial charge is 0.507 e. The molecule has 1 aliphatic carbocycles. The van der Waals surface area contributed by atoms with Crippen LogP contribution in [0.1, 0.15) is 64.2 Å². The van der Waals surface area contributed by atoms with Crippen LogP contribution in [0.4, 0.5) is 0 Å². The summed E-state index contributed by atoms with van der Waals surface area (Å²) in [5, 5.41) is 10.4. The molecule has 162 valence electrons. The quantitative estimate of drug-likeness (QED) is 0.707. The molecule has 1 aromatic carbocycles. The summed E-state index contributed by atoms with van der Waals surface area (Å²) >= 11 is 0. The molecule has 5 nitrogen and oxygen atoms in total. The molecule has 2 fully saturated rings. The molecule has 1 heterocycles. The van der Waals surface area contributed by atoms with Crippen molar-refractivity contribution < 1.29 is 24.1 Å². The van der Waals surface area contributed by atoms with Crippen LogP contribution in [0.5, 0.6) is 5.75 Å². The standard InChI is InChI=1S/C24H36O5/c1-15-9-16(10-19(21(15)26)23(2,3)4)7-8-20(25)29-14-24(5,6)22-27-12-17-11-18(17)13-28-22/h9-10,17-18,22,26H,7-8,11-14H2,1-6H3. The number of carbonyl (C=O) groups excluding carboxylic acids is 1. The lowest BCUT2D eigenvalue weighted by Crippen LogP contribution is -2.39. The molecule has 2 aliphatic rings. The minimum absolute atomic E-state index is 0.158. The van der Waals surface area contributed by atoms with Gasteiger partial charge in [0.2, 0.25) is 0 Å². The fourth-order valence-electron chi connectivity index (χ4n) is 3.86. The maximum atomic E-state index is 12.4. The van der Waals surface area contributed by atoms with Crippen molar-refractivity contribution in [2.75, 3.05) is 19.8 Å². The third kappa shape index (κ3) is 5.52. The Kier molecular flexibility index (Phi) is 6.30. The molecule has 0 amide bonds. The molecule has 1 saturated heterocycles. The van der Waals surface area contributed by atoms with E-state index in [0.29, 0.717) is 30.4 Å². The zero-order valence-electron chi connectivity index (χ0n) is 18.7. The fourth-order valence-corrected chi connectivity index (χ4v) is 3.86. The van der Waals surface area contributed by atoms with E-state index in [9.17, 15) is 9.90 Å². The van der Waals surface area contributed by atoms with Crippen molar-refractivity contribution in [2.45, 2.75) is 72.5 Å². The van der Waals surface area contributed by atoms with Gasteiger partial charge in [0.15, 0.2) is 6.29 Å². The average Bonchev–Trinajstić information content (AvgIpc) is 3.38. The zero-order chi connectivity index (χ0) is 21.4. The maximum absolute atomic E-state index is 12.4. The lowest BCUT2D eigenvalue weighted by Gasteiger charge is -2.32. The number of phenols is 1. The van der Waals surface area contributed by atoms with Gasteiger partial charge in [-0.25, -0.2) is 0 Å². The number of hydrogen-bond acceptors (Lipinski definition) is 5. The topological polar surface area (TPSA) is 65.0 Å². The van der Waals surface area contributed by atoms with E-state index in [0.717, 1.165) is 29.9 Å². The second kappa shape index (κ2) is 8.27. The summed E-state index contributed by atoms with van der Waals surface area (Å²) in [6.07, 6.45) is 1.76. The van der Waals surface area contributed by atoms with E-state index < -0.39 is 0 Å². The molecule has 0 radical (unpaired) electrons. The average molecular weight is 405 g/mol. The first kappa shape index (κ1) is 22.1. The number of carbonyl (C=O) groups is 1. The summed E-state index contributed by atoms with van der Waals surface area (Å²) in [6.45, 7) is 13.9. The van der Waals surface area contributed by atoms with Gasteiger partial charge in [0.05, 0.1) is 13.2 Å². The minimum atomic E-state index is -0.388. The number of aromatic hydroxyl groups is 1. The van der Waals surface area contributed by atoms with Crippen LogP contribution >= 0.6 is 0 Å². The zero-order valence-corrected chi connectivity index (χ0v) is 18.7. The van der Waals surface area contributed by atoms with Crippen LogP contribution in [-0.4, -0.2) is 37.2 Å². The lowest BCUT2D eigenvalue weighted by molar-refractivity contribution is -0.206. The van der Waals surface area contributed by atoms with Gasteiger partial charge in [-0.3, -0.25) is 4.79 Å². The van der Waals surface area contributed by atoms with Crippen molar-refractivity contribution >= 4 is 5.97 Å². The van der Waals surface area contributed by atoms with Crippen LogP contribution in [0.3, 0.4) is 0 Å². The normalized spacial score (nSPS) is 24.6. The van der Waals surface area contributed by atoms with E-state index >= 15 is 0 Å². The highest BCUT2D eigenvalue weighted by atomic mass is 16.7. The van der Waals surface area contributed by atoms with Gasteiger partial charge in [-0.05, 0) is 53.7 Å². The summed E-state index contributed by atoms with van der Waals surface area (Å²) in [5.41, 5.74) is 2.23. The molecule has 1 N–H and O–H groups in total. The monoisotopic (exact) mass is 404 g/mol. The second-order valence-corrected chi connectivity index (χ2v) is 10.5. The first-order valence-electron chi connectivity index (χ1n) is 10.7. The predicted octanol–water partition coefficient (Wildman–Crippen LogP) is 4.51. The van der Waals surface area contributed by atoms with E-state index in [1.807, 2.05) is 32.9 Å². The molecular weight excluding hydrogens is 368 g/mol. The predicted molar refractivity (Wildman–Crippen MR) is 112 cm³/mol. The Morgan fingerprint density at radius 2 is 1.76 bits per heavy atom. The number of hydrogen-bond donors (Lipinski definition) is 1. The van der Waals surface area contributed by atoms with Crippen molar-refractivity contribution in [3.05, 3.63) is 28.8 Å². The number of ether oxygens (including phenoxy) is 3. The molecule has 1 saturated carbocycles. The molecule has 29 heavy (non-hydrogen) atoms. The van der Waals surface area contributed by atoms with Crippen LogP contribution in [0.15, 0.2) is 12.1 Å². The molecule has 0 aromatic heterocycles. The summed E-state index contributed by atoms with van der Waals surface area (Å²) in [5.74, 6) is 1.40. The molecule has 2 atom stereocenters. The van der Waals surface area contributed by atoms with Gasteiger partial charge in [-0.15, -0.1) is 0 Å². The molecular formula is C24H36O5. The Balaban J connectivity index is 1.51. The van der Waals surface area contributed by atoms with Crippen molar-refractivity contribution in [3.8, 4) is 5.75 Å². The van der Waals surface area contributed by atoms with E-state index in [-0.39, 0.29) is 29.7 Å². The molecule has 2 unspecified atom stereocenters. The summed E-state index contributed by atoms with van der Waals surface area (Å²) in [7, 11) is 0. The van der Waals surface area contributed by atoms with E-state index in [4.69, 9.17) is 14.2 Å². The SMILES string of the molecule is Cc1cc(CCC(=O)OCC(C)(C)C2OCC3CC3CO2)cc(C(C)(C)C)c1O. The number of fused-ring (bicyclic) bond motifs is 1. The maximum Gasteiger partial charge on any atom is 0.306 e. The Morgan fingerprint density at radius 3 is 2.34 bits per heavy atom. The molecule has 3 rings (SSSR count). The van der Waals surface area contributed by atoms with Crippen LogP contribution in [0.25, 0.3) is 0 Å². The Bertz CT molecular complexity index is 734. The number of rotatable bonds is 6. The van der Waals surface area contributed by atoms with Crippen molar-refractivity contribution in [1.29, 1.82) is 0 Å². The number of benzene rings is 1. The smallest absolute Gasteiger partial charge is 0.306 e. The van der Waals surface area contributed by atoms with Crippen molar-refractivity contribution in [2.24, 2.45) is 17.3 Å². The highest BCUT2D eigenvalue weighted by Gasteiger charge is 2.44. The molecule has 0 bridgehead atoms. The summed E-state index contributed by atoms with van der Waals surface area (Å²) in [6, 6.07) is 3.94. The van der Waals surface area contributed by atoms with Gasteiger partial charge >= 0.3 is 5.97 Å². The highest BCUT2D eigenvalue weighted by molar-refractivity contribution is 5.69. The third-order valence-corrected chi connectivity index (χ3v) is 6.02.